The Kier molecular flexibility index (Phi) is 5.96. The van der Waals surface area contributed by atoms with E-state index in [1.54, 1.807) is 0 Å². The summed E-state index contributed by atoms with van der Waals surface area (Å²) in [6.07, 6.45) is -3.18. The summed E-state index contributed by atoms with van der Waals surface area (Å²) in [6.45, 7) is -0.181. The lowest BCUT2D eigenvalue weighted by molar-refractivity contribution is -0.135. The highest BCUT2D eigenvalue weighted by molar-refractivity contribution is 7.99. The number of thioether (sulfide) groups is 1. The summed E-state index contributed by atoms with van der Waals surface area (Å²) in [5.41, 5.74) is -1.32. The lowest BCUT2D eigenvalue weighted by Gasteiger charge is -2.16. The lowest BCUT2D eigenvalue weighted by Crippen LogP contribution is -2.37. The highest BCUT2D eigenvalue weighted by Gasteiger charge is 2.43. The van der Waals surface area contributed by atoms with Gasteiger partial charge in [-0.1, -0.05) is 0 Å². The Morgan fingerprint density at radius 1 is 1.39 bits per heavy atom. The van der Waals surface area contributed by atoms with E-state index in [9.17, 15) is 24.6 Å². The van der Waals surface area contributed by atoms with Crippen LogP contribution in [0.15, 0.2) is 21.9 Å². The number of ether oxygens (including phenoxy) is 1. The molecule has 0 spiro atoms. The van der Waals surface area contributed by atoms with E-state index >= 15 is 0 Å². The van der Waals surface area contributed by atoms with Crippen LogP contribution in [0.5, 0.6) is 0 Å². The van der Waals surface area contributed by atoms with Gasteiger partial charge in [-0.25, -0.2) is 4.79 Å². The van der Waals surface area contributed by atoms with Gasteiger partial charge in [-0.15, -0.1) is 11.8 Å². The largest absolute Gasteiger partial charge is 0.480 e. The predicted molar refractivity (Wildman–Crippen MR) is 80.2 cm³/mol. The Morgan fingerprint density at radius 3 is 2.78 bits per heavy atom. The Bertz CT molecular complexity index is 661. The van der Waals surface area contributed by atoms with Gasteiger partial charge in [0.2, 0.25) is 0 Å². The van der Waals surface area contributed by atoms with E-state index in [-0.39, 0.29) is 6.54 Å². The zero-order valence-electron chi connectivity index (χ0n) is 11.9. The number of hydrogen-bond donors (Lipinski definition) is 5. The van der Waals surface area contributed by atoms with Gasteiger partial charge in [0.15, 0.2) is 6.23 Å². The summed E-state index contributed by atoms with van der Waals surface area (Å²) in [5, 5.41) is 31.2. The zero-order chi connectivity index (χ0) is 17.0. The van der Waals surface area contributed by atoms with Crippen molar-refractivity contribution in [3.63, 3.8) is 0 Å². The molecule has 1 aliphatic rings. The number of rotatable bonds is 7. The van der Waals surface area contributed by atoms with Crippen LogP contribution in [0.3, 0.4) is 0 Å². The third-order valence-corrected chi connectivity index (χ3v) is 4.20. The average Bonchev–Trinajstić information content (AvgIpc) is 2.75. The molecular weight excluding hydrogens is 330 g/mol. The molecule has 0 unspecified atom stereocenters. The molecule has 10 nitrogen and oxygen atoms in total. The second-order valence-electron chi connectivity index (χ2n) is 4.90. The van der Waals surface area contributed by atoms with Gasteiger partial charge in [-0.3, -0.25) is 24.5 Å². The fourth-order valence-electron chi connectivity index (χ4n) is 2.13. The molecule has 128 valence electrons. The van der Waals surface area contributed by atoms with Gasteiger partial charge in [0.05, 0.1) is 12.6 Å². The Labute approximate surface area is 134 Å². The maximum atomic E-state index is 11.7. The molecule has 2 heterocycles. The second-order valence-corrected chi connectivity index (χ2v) is 5.93. The van der Waals surface area contributed by atoms with Crippen molar-refractivity contribution in [2.75, 3.05) is 18.2 Å². The van der Waals surface area contributed by atoms with Crippen LogP contribution in [0.2, 0.25) is 0 Å². The number of aromatic nitrogens is 2. The molecule has 23 heavy (non-hydrogen) atoms. The second kappa shape index (κ2) is 7.75. The molecule has 0 saturated carbocycles. The van der Waals surface area contributed by atoms with Crippen molar-refractivity contribution in [1.82, 2.24) is 14.9 Å². The Balaban J connectivity index is 1.94. The summed E-state index contributed by atoms with van der Waals surface area (Å²) < 4.78 is 6.50. The molecule has 1 saturated heterocycles. The van der Waals surface area contributed by atoms with Crippen molar-refractivity contribution in [3.8, 4) is 0 Å². The van der Waals surface area contributed by atoms with Crippen molar-refractivity contribution in [2.24, 2.45) is 0 Å². The number of carboxylic acid groups (broad SMARTS) is 1. The normalized spacial score (nSPS) is 27.2. The van der Waals surface area contributed by atoms with E-state index in [2.05, 4.69) is 5.32 Å². The van der Waals surface area contributed by atoms with Crippen LogP contribution in [0, 0.1) is 0 Å². The van der Waals surface area contributed by atoms with Crippen molar-refractivity contribution < 1.29 is 24.9 Å². The van der Waals surface area contributed by atoms with Gasteiger partial charge in [0.25, 0.3) is 5.56 Å². The number of nitrogens with zero attached hydrogens (tertiary/aromatic N) is 1. The number of aliphatic hydroxyl groups excluding tert-OH is 2. The van der Waals surface area contributed by atoms with E-state index in [1.165, 1.54) is 18.0 Å². The molecule has 0 aliphatic carbocycles. The molecule has 0 bridgehead atoms. The van der Waals surface area contributed by atoms with Gasteiger partial charge in [0, 0.05) is 23.9 Å². The summed E-state index contributed by atoms with van der Waals surface area (Å²) in [7, 11) is 0. The topological polar surface area (TPSA) is 154 Å². The molecule has 0 amide bonds. The SMILES string of the molecule is O=C(O)CNCSC[C@H]1O[C@@H](n2ccc(=O)[nH]c2=O)[C@H](O)[C@@H]1O. The van der Waals surface area contributed by atoms with E-state index in [0.717, 1.165) is 10.6 Å². The summed E-state index contributed by atoms with van der Waals surface area (Å²) in [6, 6.07) is 1.11. The summed E-state index contributed by atoms with van der Waals surface area (Å²) in [4.78, 5) is 35.1. The minimum atomic E-state index is -1.32. The number of aliphatic hydroxyl groups is 2. The number of nitrogens with one attached hydrogen (secondary N) is 2. The fourth-order valence-corrected chi connectivity index (χ4v) is 3.00. The number of carboxylic acids is 1. The number of carbonyl (C=O) groups is 1. The van der Waals surface area contributed by atoms with E-state index in [1.807, 2.05) is 4.98 Å². The first-order valence-corrected chi connectivity index (χ1v) is 7.89. The zero-order valence-corrected chi connectivity index (χ0v) is 12.7. The van der Waals surface area contributed by atoms with Crippen LogP contribution in [-0.2, 0) is 9.53 Å². The quantitative estimate of drug-likeness (QED) is 0.266. The first-order valence-electron chi connectivity index (χ1n) is 6.73. The molecule has 1 aromatic heterocycles. The predicted octanol–water partition coefficient (Wildman–Crippen LogP) is -2.48. The van der Waals surface area contributed by atoms with Crippen molar-refractivity contribution in [2.45, 2.75) is 24.5 Å². The number of aromatic amines is 1. The Hall–Kier alpha value is -1.66. The van der Waals surface area contributed by atoms with Gasteiger partial charge < -0.3 is 20.1 Å². The summed E-state index contributed by atoms with van der Waals surface area (Å²) >= 11 is 1.29. The van der Waals surface area contributed by atoms with Crippen LogP contribution in [0.25, 0.3) is 0 Å². The number of H-pyrrole nitrogens is 1. The Morgan fingerprint density at radius 2 is 2.13 bits per heavy atom. The molecule has 1 fully saturated rings. The van der Waals surface area contributed by atoms with Crippen molar-refractivity contribution >= 4 is 17.7 Å². The molecule has 1 aliphatic heterocycles. The first-order chi connectivity index (χ1) is 10.9. The number of hydrogen-bond acceptors (Lipinski definition) is 8. The maximum absolute atomic E-state index is 11.7. The third kappa shape index (κ3) is 4.42. The van der Waals surface area contributed by atoms with Gasteiger partial charge in [-0.2, -0.15) is 0 Å². The maximum Gasteiger partial charge on any atom is 0.330 e. The van der Waals surface area contributed by atoms with Crippen LogP contribution >= 0.6 is 11.8 Å². The van der Waals surface area contributed by atoms with Crippen molar-refractivity contribution in [1.29, 1.82) is 0 Å². The minimum absolute atomic E-state index is 0.181. The smallest absolute Gasteiger partial charge is 0.330 e. The first kappa shape index (κ1) is 17.7. The fraction of sp³-hybridized carbons (Fsp3) is 0.583. The van der Waals surface area contributed by atoms with Gasteiger partial charge >= 0.3 is 11.7 Å². The molecule has 5 N–H and O–H groups in total. The van der Waals surface area contributed by atoms with Gasteiger partial charge in [-0.05, 0) is 0 Å². The van der Waals surface area contributed by atoms with Crippen LogP contribution in [0.4, 0.5) is 0 Å². The number of aliphatic carboxylic acids is 1. The molecule has 0 aromatic carbocycles. The molecule has 11 heteroatoms. The van der Waals surface area contributed by atoms with Crippen LogP contribution in [-0.4, -0.2) is 67.3 Å². The van der Waals surface area contributed by atoms with Crippen molar-refractivity contribution in [3.05, 3.63) is 33.1 Å². The van der Waals surface area contributed by atoms with E-state index in [0.29, 0.717) is 11.6 Å². The minimum Gasteiger partial charge on any atom is -0.480 e. The van der Waals surface area contributed by atoms with E-state index in [4.69, 9.17) is 9.84 Å². The molecule has 4 atom stereocenters. The standard InChI is InChI=1S/C12H17N3O7S/c16-7-1-2-15(12(21)14-7)11-10(20)9(19)6(22-11)4-23-5-13-3-8(17)18/h1-2,6,9-11,13,19-20H,3-5H2,(H,17,18)(H,14,16,21)/t6-,9-,10-,11-/m1/s1. The van der Waals surface area contributed by atoms with E-state index < -0.39 is 41.8 Å². The molecule has 1 aromatic rings. The van der Waals surface area contributed by atoms with Crippen LogP contribution < -0.4 is 16.6 Å². The molecular formula is C12H17N3O7S. The molecule has 2 rings (SSSR count). The highest BCUT2D eigenvalue weighted by atomic mass is 32.2. The van der Waals surface area contributed by atoms with Crippen LogP contribution in [0.1, 0.15) is 6.23 Å². The molecule has 0 radical (unpaired) electrons. The van der Waals surface area contributed by atoms with Gasteiger partial charge in [0.1, 0.15) is 12.2 Å². The third-order valence-electron chi connectivity index (χ3n) is 3.22. The summed E-state index contributed by atoms with van der Waals surface area (Å²) in [5.74, 6) is -0.354. The lowest BCUT2D eigenvalue weighted by atomic mass is 10.1. The monoisotopic (exact) mass is 347 g/mol. The average molecular weight is 347 g/mol. The highest BCUT2D eigenvalue weighted by Crippen LogP contribution is 2.29.